The summed E-state index contributed by atoms with van der Waals surface area (Å²) in [5, 5.41) is 27.6. The predicted octanol–water partition coefficient (Wildman–Crippen LogP) is 11.8. The van der Waals surface area contributed by atoms with Crippen molar-refractivity contribution in [1.29, 1.82) is 10.5 Å². The molecule has 0 atom stereocenters. The molecular weight excluding hydrogens is 595 g/mol. The van der Waals surface area contributed by atoms with Gasteiger partial charge in [-0.2, -0.15) is 10.5 Å². The molecule has 0 saturated heterocycles. The lowest BCUT2D eigenvalue weighted by molar-refractivity contribution is 1.18. The van der Waals surface area contributed by atoms with Gasteiger partial charge in [0.25, 0.3) is 0 Å². The van der Waals surface area contributed by atoms with E-state index in [1.165, 1.54) is 21.9 Å². The average Bonchev–Trinajstić information content (AvgIpc) is 3.51. The van der Waals surface area contributed by atoms with Gasteiger partial charge in [0.1, 0.15) is 0 Å². The topological polar surface area (TPSA) is 52.5 Å². The van der Waals surface area contributed by atoms with Crippen LogP contribution >= 0.6 is 0 Å². The minimum Gasteiger partial charge on any atom is -0.309 e. The van der Waals surface area contributed by atoms with Crippen molar-refractivity contribution >= 4 is 43.4 Å². The van der Waals surface area contributed by atoms with Gasteiger partial charge in [0.15, 0.2) is 0 Å². The van der Waals surface area contributed by atoms with Crippen molar-refractivity contribution in [1.82, 2.24) is 4.57 Å². The van der Waals surface area contributed by atoms with Crippen molar-refractivity contribution < 1.29 is 0 Å². The minimum absolute atomic E-state index is 0.562. The molecule has 0 N–H and O–H groups in total. The molecule has 0 radical (unpaired) electrons. The number of para-hydroxylation sites is 2. The Balaban J connectivity index is 1.30. The average molecular weight is 622 g/mol. The second-order valence-electron chi connectivity index (χ2n) is 12.3. The lowest BCUT2D eigenvalue weighted by atomic mass is 9.85. The van der Waals surface area contributed by atoms with Crippen LogP contribution in [0.3, 0.4) is 0 Å². The van der Waals surface area contributed by atoms with Crippen LogP contribution in [0.25, 0.3) is 82.4 Å². The lowest BCUT2D eigenvalue weighted by Crippen LogP contribution is -1.99. The first-order chi connectivity index (χ1) is 24.2. The van der Waals surface area contributed by atoms with Crippen LogP contribution in [0.5, 0.6) is 0 Å². The number of benzene rings is 8. The second-order valence-corrected chi connectivity index (χ2v) is 12.3. The summed E-state index contributed by atoms with van der Waals surface area (Å²) in [5.41, 5.74) is 10.3. The summed E-state index contributed by atoms with van der Waals surface area (Å²) < 4.78 is 2.22. The maximum atomic E-state index is 10.7. The summed E-state index contributed by atoms with van der Waals surface area (Å²) in [6.07, 6.45) is 0. The Morgan fingerprint density at radius 3 is 1.43 bits per heavy atom. The van der Waals surface area contributed by atoms with Crippen molar-refractivity contribution in [2.75, 3.05) is 0 Å². The Labute approximate surface area is 283 Å². The van der Waals surface area contributed by atoms with Gasteiger partial charge in [-0.05, 0) is 74.1 Å². The molecular formula is C46H27N3. The molecule has 0 aliphatic heterocycles. The van der Waals surface area contributed by atoms with Crippen molar-refractivity contribution in [3.63, 3.8) is 0 Å². The van der Waals surface area contributed by atoms with Crippen LogP contribution in [-0.4, -0.2) is 4.57 Å². The summed E-state index contributed by atoms with van der Waals surface area (Å²) in [6, 6.07) is 61.2. The number of nitriles is 2. The van der Waals surface area contributed by atoms with Gasteiger partial charge in [0, 0.05) is 21.9 Å². The van der Waals surface area contributed by atoms with Crippen LogP contribution in [0.1, 0.15) is 11.1 Å². The fraction of sp³-hybridized carbons (Fsp3) is 0. The fourth-order valence-corrected chi connectivity index (χ4v) is 7.58. The first-order valence-corrected chi connectivity index (χ1v) is 16.3. The Bertz CT molecular complexity index is 2740. The zero-order valence-corrected chi connectivity index (χ0v) is 26.4. The molecule has 0 unspecified atom stereocenters. The first-order valence-electron chi connectivity index (χ1n) is 16.3. The van der Waals surface area contributed by atoms with E-state index < -0.39 is 0 Å². The van der Waals surface area contributed by atoms with Crippen molar-refractivity contribution in [3.05, 3.63) is 175 Å². The molecule has 0 amide bonds. The largest absolute Gasteiger partial charge is 0.309 e. The van der Waals surface area contributed by atoms with Gasteiger partial charge in [-0.15, -0.1) is 0 Å². The fourth-order valence-electron chi connectivity index (χ4n) is 7.58. The van der Waals surface area contributed by atoms with Gasteiger partial charge in [0.05, 0.1) is 40.0 Å². The van der Waals surface area contributed by atoms with E-state index in [2.05, 4.69) is 138 Å². The van der Waals surface area contributed by atoms with E-state index in [-0.39, 0.29) is 0 Å². The Morgan fingerprint density at radius 1 is 0.388 bits per heavy atom. The van der Waals surface area contributed by atoms with Crippen LogP contribution in [0, 0.1) is 22.7 Å². The molecule has 0 saturated carbocycles. The van der Waals surface area contributed by atoms with Crippen LogP contribution in [0.4, 0.5) is 0 Å². The van der Waals surface area contributed by atoms with Gasteiger partial charge in [-0.1, -0.05) is 133 Å². The molecule has 0 fully saturated rings. The Hall–Kier alpha value is -6.94. The van der Waals surface area contributed by atoms with Crippen molar-refractivity contribution in [3.8, 4) is 51.2 Å². The number of rotatable bonds is 4. The summed E-state index contributed by atoms with van der Waals surface area (Å²) in [5.74, 6) is 0. The van der Waals surface area contributed by atoms with E-state index in [4.69, 9.17) is 0 Å². The van der Waals surface area contributed by atoms with Gasteiger partial charge in [-0.25, -0.2) is 0 Å². The van der Waals surface area contributed by atoms with E-state index in [9.17, 15) is 10.5 Å². The molecule has 3 heteroatoms. The first kappa shape index (κ1) is 28.3. The van der Waals surface area contributed by atoms with E-state index in [0.29, 0.717) is 11.1 Å². The van der Waals surface area contributed by atoms with Crippen LogP contribution in [0.2, 0.25) is 0 Å². The zero-order valence-electron chi connectivity index (χ0n) is 26.4. The molecule has 0 aliphatic carbocycles. The number of hydrogen-bond acceptors (Lipinski definition) is 2. The molecule has 3 nitrogen and oxygen atoms in total. The normalized spacial score (nSPS) is 11.2. The summed E-state index contributed by atoms with van der Waals surface area (Å²) in [7, 11) is 0. The molecule has 0 bridgehead atoms. The second kappa shape index (κ2) is 11.4. The van der Waals surface area contributed by atoms with E-state index in [1.54, 1.807) is 0 Å². The van der Waals surface area contributed by atoms with Crippen LogP contribution in [-0.2, 0) is 0 Å². The molecule has 226 valence electrons. The highest BCUT2D eigenvalue weighted by Gasteiger charge is 2.20. The van der Waals surface area contributed by atoms with Gasteiger partial charge in [0.2, 0.25) is 0 Å². The molecule has 0 spiro atoms. The smallest absolute Gasteiger partial charge is 0.0998 e. The number of fused-ring (bicyclic) bond motifs is 5. The van der Waals surface area contributed by atoms with Gasteiger partial charge >= 0.3 is 0 Å². The number of nitrogens with zero attached hydrogens (tertiary/aromatic N) is 3. The third kappa shape index (κ3) is 4.42. The molecule has 9 rings (SSSR count). The summed E-state index contributed by atoms with van der Waals surface area (Å²) in [4.78, 5) is 0. The molecule has 1 heterocycles. The van der Waals surface area contributed by atoms with Gasteiger partial charge < -0.3 is 4.57 Å². The maximum absolute atomic E-state index is 10.7. The highest BCUT2D eigenvalue weighted by molar-refractivity contribution is 6.21. The number of hydrogen-bond donors (Lipinski definition) is 0. The third-order valence-corrected chi connectivity index (χ3v) is 9.66. The van der Waals surface area contributed by atoms with Crippen LogP contribution < -0.4 is 0 Å². The maximum Gasteiger partial charge on any atom is 0.0998 e. The molecule has 9 aromatic rings. The van der Waals surface area contributed by atoms with E-state index in [1.807, 2.05) is 42.5 Å². The summed E-state index contributed by atoms with van der Waals surface area (Å²) in [6.45, 7) is 0. The standard InChI is InChI=1S/C46H27N3/c47-28-30-22-24-37(44(26-30)49-42-20-10-8-14-35(42)36-15-9-11-21-43(36)49)34-25-23-32(27-33(34)29-48)46-40-18-6-4-16-38(40)45(31-12-2-1-3-13-31)39-17-5-7-19-41(39)46/h1-27H. The molecule has 1 aromatic heterocycles. The van der Waals surface area contributed by atoms with Crippen molar-refractivity contribution in [2.45, 2.75) is 0 Å². The third-order valence-electron chi connectivity index (χ3n) is 9.66. The number of aromatic nitrogens is 1. The van der Waals surface area contributed by atoms with Gasteiger partial charge in [-0.3, -0.25) is 0 Å². The monoisotopic (exact) mass is 621 g/mol. The molecule has 8 aromatic carbocycles. The predicted molar refractivity (Wildman–Crippen MR) is 202 cm³/mol. The SMILES string of the molecule is N#Cc1ccc(-c2ccc(-c3c4ccccc4c(-c4ccccc4)c4ccccc34)cc2C#N)c(-n2c3ccccc3c3ccccc32)c1. The molecule has 0 aliphatic rings. The Morgan fingerprint density at radius 2 is 0.878 bits per heavy atom. The highest BCUT2D eigenvalue weighted by atomic mass is 15.0. The zero-order chi connectivity index (χ0) is 32.9. The highest BCUT2D eigenvalue weighted by Crippen LogP contribution is 2.45. The van der Waals surface area contributed by atoms with Crippen LogP contribution in [0.15, 0.2) is 164 Å². The van der Waals surface area contributed by atoms with E-state index >= 15 is 0 Å². The summed E-state index contributed by atoms with van der Waals surface area (Å²) >= 11 is 0. The quantitative estimate of drug-likeness (QED) is 0.184. The minimum atomic E-state index is 0.562. The molecule has 49 heavy (non-hydrogen) atoms. The lowest BCUT2D eigenvalue weighted by Gasteiger charge is -2.19. The van der Waals surface area contributed by atoms with E-state index in [0.717, 1.165) is 60.5 Å². The van der Waals surface area contributed by atoms with Crippen molar-refractivity contribution in [2.24, 2.45) is 0 Å². The Kier molecular flexibility index (Phi) is 6.58.